The predicted octanol–water partition coefficient (Wildman–Crippen LogP) is 2.68. The predicted molar refractivity (Wildman–Crippen MR) is 66.8 cm³/mol. The second-order valence-electron chi connectivity index (χ2n) is 6.52. The maximum Gasteiger partial charge on any atom is 0.374 e. The van der Waals surface area contributed by atoms with Crippen LogP contribution in [0.1, 0.15) is 53.4 Å². The van der Waals surface area contributed by atoms with Gasteiger partial charge >= 0.3 is 7.05 Å². The molecule has 1 aliphatic rings. The second kappa shape index (κ2) is 4.46. The highest BCUT2D eigenvalue weighted by Crippen LogP contribution is 2.41. The zero-order valence-corrected chi connectivity index (χ0v) is 10.9. The number of hydrogen-bond donors (Lipinski definition) is 2. The Labute approximate surface area is 95.0 Å². The molecule has 0 atom stereocenters. The Kier molecular flexibility index (Phi) is 3.88. The summed E-state index contributed by atoms with van der Waals surface area (Å²) in [5, 5.41) is 12.7. The van der Waals surface area contributed by atoms with Gasteiger partial charge in [-0.25, -0.2) is 0 Å². The van der Waals surface area contributed by atoms with Gasteiger partial charge in [0, 0.05) is 5.54 Å². The molecule has 1 fully saturated rings. The lowest BCUT2D eigenvalue weighted by Gasteiger charge is -2.43. The molecule has 0 aromatic rings. The molecule has 15 heavy (non-hydrogen) atoms. The maximum absolute atomic E-state index is 9.38. The summed E-state index contributed by atoms with van der Waals surface area (Å²) in [6, 6.07) is 0. The molecular weight excluding hydrogens is 185 g/mol. The van der Waals surface area contributed by atoms with Gasteiger partial charge in [0.2, 0.25) is 0 Å². The van der Waals surface area contributed by atoms with Gasteiger partial charge < -0.3 is 10.3 Å². The van der Waals surface area contributed by atoms with Crippen molar-refractivity contribution in [1.29, 1.82) is 0 Å². The minimum atomic E-state index is -0.388. The minimum absolute atomic E-state index is 0.149. The van der Waals surface area contributed by atoms with E-state index in [2.05, 4.69) is 32.9 Å². The summed E-state index contributed by atoms with van der Waals surface area (Å²) in [7, 11) is -0.388. The highest BCUT2D eigenvalue weighted by Gasteiger charge is 2.36. The van der Waals surface area contributed by atoms with Crippen LogP contribution in [0, 0.1) is 11.3 Å². The zero-order valence-electron chi connectivity index (χ0n) is 10.9. The van der Waals surface area contributed by atoms with Gasteiger partial charge in [-0.3, -0.25) is 0 Å². The highest BCUT2D eigenvalue weighted by molar-refractivity contribution is 6.45. The van der Waals surface area contributed by atoms with E-state index in [0.717, 1.165) is 5.92 Å². The van der Waals surface area contributed by atoms with E-state index in [9.17, 15) is 5.02 Å². The van der Waals surface area contributed by atoms with Gasteiger partial charge in [-0.2, -0.15) is 0 Å². The molecule has 0 aliphatic heterocycles. The van der Waals surface area contributed by atoms with Crippen molar-refractivity contribution < 1.29 is 5.02 Å². The van der Waals surface area contributed by atoms with Crippen molar-refractivity contribution in [2.24, 2.45) is 11.3 Å². The van der Waals surface area contributed by atoms with Gasteiger partial charge in [0.05, 0.1) is 0 Å². The zero-order chi connectivity index (χ0) is 11.7. The first-order valence-electron chi connectivity index (χ1n) is 6.19. The van der Waals surface area contributed by atoms with Crippen LogP contribution in [0.4, 0.5) is 0 Å². The molecule has 0 heterocycles. The first-order valence-corrected chi connectivity index (χ1v) is 6.19. The van der Waals surface area contributed by atoms with Gasteiger partial charge in [0.1, 0.15) is 0 Å². The summed E-state index contributed by atoms with van der Waals surface area (Å²) in [4.78, 5) is 0. The third-order valence-electron chi connectivity index (χ3n) is 3.87. The summed E-state index contributed by atoms with van der Waals surface area (Å²) >= 11 is 0. The largest absolute Gasteiger partial charge is 0.437 e. The van der Waals surface area contributed by atoms with Crippen molar-refractivity contribution in [3.8, 4) is 0 Å². The molecule has 1 saturated carbocycles. The van der Waals surface area contributed by atoms with E-state index in [1.54, 1.807) is 6.82 Å². The number of rotatable bonds is 2. The second-order valence-corrected chi connectivity index (χ2v) is 6.52. The third-order valence-corrected chi connectivity index (χ3v) is 3.87. The fourth-order valence-corrected chi connectivity index (χ4v) is 2.77. The number of hydrogen-bond acceptors (Lipinski definition) is 2. The van der Waals surface area contributed by atoms with Crippen LogP contribution in [-0.2, 0) is 0 Å². The number of nitrogens with one attached hydrogen (secondary N) is 1. The first-order chi connectivity index (χ1) is 6.73. The lowest BCUT2D eigenvalue weighted by atomic mass is 9.66. The van der Waals surface area contributed by atoms with E-state index in [-0.39, 0.29) is 12.6 Å². The molecule has 0 amide bonds. The van der Waals surface area contributed by atoms with Gasteiger partial charge in [0.15, 0.2) is 0 Å². The van der Waals surface area contributed by atoms with Crippen LogP contribution in [0.15, 0.2) is 0 Å². The van der Waals surface area contributed by atoms with E-state index in [1.807, 2.05) is 0 Å². The quantitative estimate of drug-likeness (QED) is 0.688. The molecule has 1 aliphatic carbocycles. The molecule has 0 spiro atoms. The fraction of sp³-hybridized carbons (Fsp3) is 1.00. The van der Waals surface area contributed by atoms with Gasteiger partial charge in [-0.05, 0) is 50.8 Å². The third kappa shape index (κ3) is 3.80. The van der Waals surface area contributed by atoms with E-state index >= 15 is 0 Å². The summed E-state index contributed by atoms with van der Waals surface area (Å²) in [5.41, 5.74) is 0.585. The molecular formula is C12H26BNO. The molecule has 1 rings (SSSR count). The van der Waals surface area contributed by atoms with E-state index in [1.165, 1.54) is 25.7 Å². The van der Waals surface area contributed by atoms with Gasteiger partial charge in [-0.1, -0.05) is 20.8 Å². The molecule has 3 heteroatoms. The molecule has 0 bridgehead atoms. The average Bonchev–Trinajstić information content (AvgIpc) is 2.00. The Morgan fingerprint density at radius 2 is 1.73 bits per heavy atom. The van der Waals surface area contributed by atoms with E-state index in [0.29, 0.717) is 5.41 Å². The molecule has 0 saturated heterocycles. The van der Waals surface area contributed by atoms with Crippen molar-refractivity contribution >= 4 is 7.05 Å². The van der Waals surface area contributed by atoms with Crippen molar-refractivity contribution in [3.63, 3.8) is 0 Å². The Morgan fingerprint density at radius 3 is 2.07 bits per heavy atom. The Balaban J connectivity index is 2.48. The highest BCUT2D eigenvalue weighted by atomic mass is 16.2. The van der Waals surface area contributed by atoms with E-state index < -0.39 is 0 Å². The Morgan fingerprint density at radius 1 is 1.27 bits per heavy atom. The first kappa shape index (κ1) is 13.1. The Hall–Kier alpha value is -0.0151. The lowest BCUT2D eigenvalue weighted by Crippen LogP contribution is -2.52. The molecule has 88 valence electrons. The van der Waals surface area contributed by atoms with Crippen LogP contribution >= 0.6 is 0 Å². The standard InChI is InChI=1S/C12H26BNO/c1-11(2,3)10-6-8-12(4,9-7-10)14-13(5)15/h10,14-15H,6-9H2,1-5H3. The van der Waals surface area contributed by atoms with Crippen LogP contribution in [0.25, 0.3) is 0 Å². The maximum atomic E-state index is 9.38. The summed E-state index contributed by atoms with van der Waals surface area (Å²) in [5.74, 6) is 0.835. The lowest BCUT2D eigenvalue weighted by molar-refractivity contribution is 0.132. The van der Waals surface area contributed by atoms with Crippen LogP contribution in [0.2, 0.25) is 6.82 Å². The monoisotopic (exact) mass is 211 g/mol. The fourth-order valence-electron chi connectivity index (χ4n) is 2.77. The summed E-state index contributed by atoms with van der Waals surface area (Å²) in [6.07, 6.45) is 4.92. The molecule has 0 unspecified atom stereocenters. The molecule has 2 nitrogen and oxygen atoms in total. The van der Waals surface area contributed by atoms with Crippen LogP contribution in [0.3, 0.4) is 0 Å². The molecule has 2 N–H and O–H groups in total. The van der Waals surface area contributed by atoms with Crippen LogP contribution in [0.5, 0.6) is 0 Å². The molecule has 0 radical (unpaired) electrons. The van der Waals surface area contributed by atoms with E-state index in [4.69, 9.17) is 0 Å². The van der Waals surface area contributed by atoms with Gasteiger partial charge in [0.25, 0.3) is 0 Å². The summed E-state index contributed by atoms with van der Waals surface area (Å²) in [6.45, 7) is 11.0. The van der Waals surface area contributed by atoms with Crippen molar-refractivity contribution in [3.05, 3.63) is 0 Å². The SMILES string of the molecule is CB(O)NC1(C)CCC(C(C)(C)C)CC1. The topological polar surface area (TPSA) is 32.3 Å². The Bertz CT molecular complexity index is 202. The van der Waals surface area contributed by atoms with Crippen LogP contribution in [-0.4, -0.2) is 17.6 Å². The van der Waals surface area contributed by atoms with Gasteiger partial charge in [-0.15, -0.1) is 0 Å². The normalized spacial score (nSPS) is 32.8. The minimum Gasteiger partial charge on any atom is -0.437 e. The van der Waals surface area contributed by atoms with Crippen LogP contribution < -0.4 is 5.23 Å². The van der Waals surface area contributed by atoms with Crippen molar-refractivity contribution in [2.75, 3.05) is 0 Å². The smallest absolute Gasteiger partial charge is 0.374 e. The molecule has 0 aromatic carbocycles. The summed E-state index contributed by atoms with van der Waals surface area (Å²) < 4.78 is 0. The average molecular weight is 211 g/mol. The van der Waals surface area contributed by atoms with Crippen molar-refractivity contribution in [1.82, 2.24) is 5.23 Å². The van der Waals surface area contributed by atoms with Crippen molar-refractivity contribution in [2.45, 2.75) is 65.7 Å². The molecule has 0 aromatic heterocycles.